The molecule has 0 amide bonds. The number of aliphatic hydroxyl groups excluding tert-OH is 1. The Hall–Kier alpha value is -1.16. The van der Waals surface area contributed by atoms with Crippen molar-refractivity contribution in [1.82, 2.24) is 10.2 Å². The lowest BCUT2D eigenvalue weighted by molar-refractivity contribution is 0.275. The number of rotatable bonds is 2. The Morgan fingerprint density at radius 2 is 2.20 bits per heavy atom. The summed E-state index contributed by atoms with van der Waals surface area (Å²) in [7, 11) is 0. The van der Waals surface area contributed by atoms with Crippen molar-refractivity contribution < 1.29 is 5.11 Å². The summed E-state index contributed by atoms with van der Waals surface area (Å²) in [6.07, 6.45) is 1.19. The third-order valence-corrected chi connectivity index (χ3v) is 2.87. The molecule has 1 aromatic heterocycles. The van der Waals surface area contributed by atoms with Crippen LogP contribution >= 0.6 is 0 Å². The van der Waals surface area contributed by atoms with Gasteiger partial charge in [0.25, 0.3) is 0 Å². The van der Waals surface area contributed by atoms with Crippen molar-refractivity contribution in [3.05, 3.63) is 17.8 Å². The van der Waals surface area contributed by atoms with E-state index in [1.807, 2.05) is 12.1 Å². The Balaban J connectivity index is 2.11. The zero-order chi connectivity index (χ0) is 10.9. The van der Waals surface area contributed by atoms with Crippen LogP contribution in [0.2, 0.25) is 0 Å². The van der Waals surface area contributed by atoms with E-state index >= 15 is 0 Å². The third kappa shape index (κ3) is 2.26. The average Bonchev–Trinajstić information content (AvgIpc) is 2.59. The summed E-state index contributed by atoms with van der Waals surface area (Å²) in [5.41, 5.74) is 0.995. The molecule has 1 fully saturated rings. The second-order valence-electron chi connectivity index (χ2n) is 4.88. The van der Waals surface area contributed by atoms with Crippen LogP contribution in [-0.4, -0.2) is 28.4 Å². The summed E-state index contributed by atoms with van der Waals surface area (Å²) < 4.78 is 0. The van der Waals surface area contributed by atoms with Crippen molar-refractivity contribution in [2.75, 3.05) is 18.0 Å². The highest BCUT2D eigenvalue weighted by Crippen LogP contribution is 2.31. The Labute approximate surface area is 89.9 Å². The fraction of sp³-hybridized carbons (Fsp3) is 0.636. The Kier molecular flexibility index (Phi) is 2.61. The van der Waals surface area contributed by atoms with Crippen molar-refractivity contribution in [2.24, 2.45) is 5.41 Å². The van der Waals surface area contributed by atoms with E-state index in [1.165, 1.54) is 6.42 Å². The zero-order valence-corrected chi connectivity index (χ0v) is 9.27. The van der Waals surface area contributed by atoms with Crippen LogP contribution in [0.3, 0.4) is 0 Å². The predicted molar refractivity (Wildman–Crippen MR) is 58.6 cm³/mol. The lowest BCUT2D eigenvalue weighted by Gasteiger charge is -2.20. The summed E-state index contributed by atoms with van der Waals surface area (Å²) in [5.74, 6) is 0.915. The molecule has 82 valence electrons. The van der Waals surface area contributed by atoms with Gasteiger partial charge in [0.05, 0.1) is 12.3 Å². The van der Waals surface area contributed by atoms with Crippen molar-refractivity contribution >= 4 is 5.82 Å². The average molecular weight is 207 g/mol. The molecule has 1 saturated heterocycles. The molecular weight excluding hydrogens is 190 g/mol. The van der Waals surface area contributed by atoms with Gasteiger partial charge in [-0.3, -0.25) is 0 Å². The first-order valence-electron chi connectivity index (χ1n) is 5.29. The van der Waals surface area contributed by atoms with Crippen molar-refractivity contribution in [1.29, 1.82) is 0 Å². The van der Waals surface area contributed by atoms with Gasteiger partial charge in [-0.05, 0) is 24.0 Å². The quantitative estimate of drug-likeness (QED) is 0.791. The fourth-order valence-electron chi connectivity index (χ4n) is 1.91. The number of aromatic nitrogens is 2. The second-order valence-corrected chi connectivity index (χ2v) is 4.88. The molecule has 4 nitrogen and oxygen atoms in total. The topological polar surface area (TPSA) is 49.2 Å². The molecule has 2 rings (SSSR count). The molecular formula is C11H17N3O. The highest BCUT2D eigenvalue weighted by Gasteiger charge is 2.29. The molecule has 0 saturated carbocycles. The first-order chi connectivity index (χ1) is 7.11. The normalized spacial score (nSPS) is 19.5. The summed E-state index contributed by atoms with van der Waals surface area (Å²) in [4.78, 5) is 2.24. The maximum absolute atomic E-state index is 8.86. The minimum atomic E-state index is -0.0429. The van der Waals surface area contributed by atoms with Gasteiger partial charge in [0.2, 0.25) is 0 Å². The fourth-order valence-corrected chi connectivity index (χ4v) is 1.91. The molecule has 1 aromatic rings. The van der Waals surface area contributed by atoms with E-state index in [2.05, 4.69) is 28.9 Å². The largest absolute Gasteiger partial charge is 0.390 e. The highest BCUT2D eigenvalue weighted by atomic mass is 16.3. The van der Waals surface area contributed by atoms with Gasteiger partial charge in [0.1, 0.15) is 0 Å². The van der Waals surface area contributed by atoms with Gasteiger partial charge in [0, 0.05) is 13.1 Å². The summed E-state index contributed by atoms with van der Waals surface area (Å²) in [5, 5.41) is 16.9. The van der Waals surface area contributed by atoms with E-state index in [1.54, 1.807) is 0 Å². The van der Waals surface area contributed by atoms with Crippen LogP contribution in [0, 0.1) is 5.41 Å². The molecule has 0 atom stereocenters. The molecule has 15 heavy (non-hydrogen) atoms. The van der Waals surface area contributed by atoms with Crippen LogP contribution in [-0.2, 0) is 6.61 Å². The van der Waals surface area contributed by atoms with Crippen LogP contribution in [0.25, 0.3) is 0 Å². The van der Waals surface area contributed by atoms with E-state index in [4.69, 9.17) is 5.11 Å². The van der Waals surface area contributed by atoms with Gasteiger partial charge in [-0.2, -0.15) is 5.10 Å². The predicted octanol–water partition coefficient (Wildman–Crippen LogP) is 1.21. The minimum absolute atomic E-state index is 0.0429. The van der Waals surface area contributed by atoms with Gasteiger partial charge in [-0.15, -0.1) is 5.10 Å². The van der Waals surface area contributed by atoms with Gasteiger partial charge in [0.15, 0.2) is 5.82 Å². The smallest absolute Gasteiger partial charge is 0.151 e. The molecule has 0 radical (unpaired) electrons. The van der Waals surface area contributed by atoms with Crippen LogP contribution in [0.1, 0.15) is 26.0 Å². The van der Waals surface area contributed by atoms with Gasteiger partial charge >= 0.3 is 0 Å². The lowest BCUT2D eigenvalue weighted by atomic mass is 9.93. The van der Waals surface area contributed by atoms with Gasteiger partial charge in [-0.1, -0.05) is 13.8 Å². The molecule has 0 spiro atoms. The third-order valence-electron chi connectivity index (χ3n) is 2.87. The summed E-state index contributed by atoms with van der Waals surface area (Å²) in [6.45, 7) is 6.56. The first-order valence-corrected chi connectivity index (χ1v) is 5.29. The zero-order valence-electron chi connectivity index (χ0n) is 9.27. The Bertz CT molecular complexity index is 334. The standard InChI is InChI=1S/C11H17N3O/c1-11(2)5-6-14(8-11)10-4-3-9(7-15)12-13-10/h3-4,15H,5-8H2,1-2H3. The SMILES string of the molecule is CC1(C)CCN(c2ccc(CO)nn2)C1. The number of nitrogens with zero attached hydrogens (tertiary/aromatic N) is 3. The van der Waals surface area contributed by atoms with E-state index in [0.717, 1.165) is 18.9 Å². The molecule has 1 N–H and O–H groups in total. The van der Waals surface area contributed by atoms with Crippen molar-refractivity contribution in [3.63, 3.8) is 0 Å². The maximum Gasteiger partial charge on any atom is 0.151 e. The van der Waals surface area contributed by atoms with E-state index in [0.29, 0.717) is 11.1 Å². The number of anilines is 1. The van der Waals surface area contributed by atoms with Gasteiger partial charge < -0.3 is 10.0 Å². The number of hydrogen-bond acceptors (Lipinski definition) is 4. The molecule has 2 heterocycles. The molecule has 0 aromatic carbocycles. The first kappa shape index (κ1) is 10.4. The minimum Gasteiger partial charge on any atom is -0.390 e. The molecule has 0 bridgehead atoms. The van der Waals surface area contributed by atoms with Crippen LogP contribution < -0.4 is 4.90 Å². The number of aliphatic hydroxyl groups is 1. The van der Waals surface area contributed by atoms with Gasteiger partial charge in [-0.25, -0.2) is 0 Å². The highest BCUT2D eigenvalue weighted by molar-refractivity contribution is 5.39. The summed E-state index contributed by atoms with van der Waals surface area (Å²) in [6, 6.07) is 3.76. The lowest BCUT2D eigenvalue weighted by Crippen LogP contribution is -2.23. The maximum atomic E-state index is 8.86. The van der Waals surface area contributed by atoms with Crippen LogP contribution in [0.15, 0.2) is 12.1 Å². The van der Waals surface area contributed by atoms with Crippen molar-refractivity contribution in [3.8, 4) is 0 Å². The second kappa shape index (κ2) is 3.77. The Morgan fingerprint density at radius 3 is 2.67 bits per heavy atom. The molecule has 0 unspecified atom stereocenters. The summed E-state index contributed by atoms with van der Waals surface area (Å²) >= 11 is 0. The van der Waals surface area contributed by atoms with E-state index in [-0.39, 0.29) is 6.61 Å². The molecule has 1 aliphatic rings. The molecule has 1 aliphatic heterocycles. The van der Waals surface area contributed by atoms with Crippen LogP contribution in [0.5, 0.6) is 0 Å². The Morgan fingerprint density at radius 1 is 1.40 bits per heavy atom. The monoisotopic (exact) mass is 207 g/mol. The number of hydrogen-bond donors (Lipinski definition) is 1. The van der Waals surface area contributed by atoms with E-state index in [9.17, 15) is 0 Å². The molecule has 0 aliphatic carbocycles. The van der Waals surface area contributed by atoms with Crippen molar-refractivity contribution in [2.45, 2.75) is 26.9 Å². The molecule has 4 heteroatoms. The van der Waals surface area contributed by atoms with E-state index < -0.39 is 0 Å². The van der Waals surface area contributed by atoms with Crippen LogP contribution in [0.4, 0.5) is 5.82 Å².